The van der Waals surface area contributed by atoms with Crippen LogP contribution < -0.4 is 4.72 Å². The summed E-state index contributed by atoms with van der Waals surface area (Å²) < 4.78 is 27.2. The van der Waals surface area contributed by atoms with Crippen LogP contribution in [0, 0.1) is 6.92 Å². The molecular formula is C16H15N3O2S2. The highest BCUT2D eigenvalue weighted by molar-refractivity contribution is 7.89. The molecule has 3 aromatic rings. The molecule has 2 heterocycles. The van der Waals surface area contributed by atoms with Gasteiger partial charge < -0.3 is 0 Å². The van der Waals surface area contributed by atoms with Crippen molar-refractivity contribution < 1.29 is 8.42 Å². The number of benzene rings is 1. The van der Waals surface area contributed by atoms with Crippen LogP contribution in [0.4, 0.5) is 0 Å². The van der Waals surface area contributed by atoms with E-state index in [0.717, 1.165) is 17.0 Å². The molecule has 3 rings (SSSR count). The normalized spacial score (nSPS) is 11.5. The van der Waals surface area contributed by atoms with Crippen LogP contribution in [0.5, 0.6) is 0 Å². The van der Waals surface area contributed by atoms with Gasteiger partial charge in [-0.05, 0) is 36.8 Å². The highest BCUT2D eigenvalue weighted by Gasteiger charge is 2.15. The van der Waals surface area contributed by atoms with E-state index in [-0.39, 0.29) is 11.4 Å². The Morgan fingerprint density at radius 1 is 1.13 bits per heavy atom. The van der Waals surface area contributed by atoms with E-state index in [9.17, 15) is 8.42 Å². The molecule has 5 nitrogen and oxygen atoms in total. The number of nitrogens with zero attached hydrogens (tertiary/aromatic N) is 2. The van der Waals surface area contributed by atoms with Crippen LogP contribution in [-0.2, 0) is 16.6 Å². The summed E-state index contributed by atoms with van der Waals surface area (Å²) in [6, 6.07) is 12.4. The number of rotatable bonds is 5. The van der Waals surface area contributed by atoms with Crippen LogP contribution in [-0.4, -0.2) is 18.4 Å². The molecule has 118 valence electrons. The summed E-state index contributed by atoms with van der Waals surface area (Å²) in [6.45, 7) is 2.02. The van der Waals surface area contributed by atoms with E-state index in [0.29, 0.717) is 5.01 Å². The molecule has 0 aliphatic heterocycles. The van der Waals surface area contributed by atoms with Crippen LogP contribution in [0.15, 0.2) is 58.9 Å². The van der Waals surface area contributed by atoms with Gasteiger partial charge in [0.25, 0.3) is 0 Å². The Hall–Kier alpha value is -2.09. The molecule has 0 amide bonds. The smallest absolute Gasteiger partial charge is 0.240 e. The zero-order valence-electron chi connectivity index (χ0n) is 12.4. The second-order valence-corrected chi connectivity index (χ2v) is 7.69. The lowest BCUT2D eigenvalue weighted by Crippen LogP contribution is -2.23. The van der Waals surface area contributed by atoms with E-state index >= 15 is 0 Å². The van der Waals surface area contributed by atoms with Crippen molar-refractivity contribution in [2.24, 2.45) is 0 Å². The minimum absolute atomic E-state index is 0.160. The van der Waals surface area contributed by atoms with Gasteiger partial charge in [0.05, 0.1) is 22.8 Å². The first-order chi connectivity index (χ1) is 11.0. The molecule has 1 aromatic carbocycles. The van der Waals surface area contributed by atoms with Crippen molar-refractivity contribution in [2.45, 2.75) is 18.4 Å². The zero-order valence-corrected chi connectivity index (χ0v) is 14.1. The summed E-state index contributed by atoms with van der Waals surface area (Å²) in [7, 11) is -3.54. The SMILES string of the molecule is Cc1cccc(S(=O)(=O)NCc2nc(-c3ccccn3)cs2)c1. The quantitative estimate of drug-likeness (QED) is 0.771. The highest BCUT2D eigenvalue weighted by atomic mass is 32.2. The van der Waals surface area contributed by atoms with Crippen LogP contribution in [0.2, 0.25) is 0 Å². The van der Waals surface area contributed by atoms with Crippen molar-refractivity contribution in [1.29, 1.82) is 0 Å². The molecule has 0 spiro atoms. The summed E-state index contributed by atoms with van der Waals surface area (Å²) in [5.41, 5.74) is 2.43. The summed E-state index contributed by atoms with van der Waals surface area (Å²) in [5, 5.41) is 2.57. The minimum Gasteiger partial charge on any atom is -0.255 e. The van der Waals surface area contributed by atoms with Gasteiger partial charge in [-0.2, -0.15) is 0 Å². The Morgan fingerprint density at radius 3 is 2.74 bits per heavy atom. The second-order valence-electron chi connectivity index (χ2n) is 4.98. The Kier molecular flexibility index (Phi) is 4.51. The molecule has 23 heavy (non-hydrogen) atoms. The maximum absolute atomic E-state index is 12.3. The first-order valence-electron chi connectivity index (χ1n) is 6.97. The fourth-order valence-corrected chi connectivity index (χ4v) is 3.96. The van der Waals surface area contributed by atoms with Crippen LogP contribution >= 0.6 is 11.3 Å². The van der Waals surface area contributed by atoms with E-state index in [4.69, 9.17) is 0 Å². The van der Waals surface area contributed by atoms with Crippen molar-refractivity contribution in [1.82, 2.24) is 14.7 Å². The van der Waals surface area contributed by atoms with Crippen molar-refractivity contribution in [3.8, 4) is 11.4 Å². The Morgan fingerprint density at radius 2 is 2.00 bits per heavy atom. The van der Waals surface area contributed by atoms with Crippen molar-refractivity contribution in [3.05, 3.63) is 64.6 Å². The molecule has 2 aromatic heterocycles. The van der Waals surface area contributed by atoms with Crippen molar-refractivity contribution >= 4 is 21.4 Å². The number of aryl methyl sites for hydroxylation is 1. The predicted octanol–water partition coefficient (Wildman–Crippen LogP) is 2.99. The van der Waals surface area contributed by atoms with Crippen LogP contribution in [0.1, 0.15) is 10.6 Å². The monoisotopic (exact) mass is 345 g/mol. The van der Waals surface area contributed by atoms with Gasteiger partial charge in [-0.25, -0.2) is 18.1 Å². The van der Waals surface area contributed by atoms with E-state index in [2.05, 4.69) is 14.7 Å². The van der Waals surface area contributed by atoms with Crippen LogP contribution in [0.25, 0.3) is 11.4 Å². The van der Waals surface area contributed by atoms with Gasteiger partial charge in [0.15, 0.2) is 0 Å². The number of nitrogens with one attached hydrogen (secondary N) is 1. The number of pyridine rings is 1. The van der Waals surface area contributed by atoms with E-state index in [1.54, 1.807) is 24.4 Å². The van der Waals surface area contributed by atoms with Gasteiger partial charge in [0, 0.05) is 11.6 Å². The number of sulfonamides is 1. The summed E-state index contributed by atoms with van der Waals surface area (Å²) in [5.74, 6) is 0. The van der Waals surface area contributed by atoms with Crippen molar-refractivity contribution in [3.63, 3.8) is 0 Å². The zero-order chi connectivity index (χ0) is 16.3. The number of thiazole rings is 1. The number of hydrogen-bond acceptors (Lipinski definition) is 5. The first-order valence-corrected chi connectivity index (χ1v) is 9.33. The molecule has 1 N–H and O–H groups in total. The third kappa shape index (κ3) is 3.82. The molecular weight excluding hydrogens is 330 g/mol. The van der Waals surface area contributed by atoms with Gasteiger partial charge in [0.1, 0.15) is 5.01 Å². The summed E-state index contributed by atoms with van der Waals surface area (Å²) in [6.07, 6.45) is 1.70. The summed E-state index contributed by atoms with van der Waals surface area (Å²) >= 11 is 1.41. The van der Waals surface area contributed by atoms with Gasteiger partial charge in [0.2, 0.25) is 10.0 Å². The van der Waals surface area contributed by atoms with E-state index in [1.807, 2.05) is 36.6 Å². The molecule has 0 bridgehead atoms. The lowest BCUT2D eigenvalue weighted by Gasteiger charge is -2.05. The van der Waals surface area contributed by atoms with E-state index in [1.165, 1.54) is 11.3 Å². The molecule has 0 radical (unpaired) electrons. The maximum atomic E-state index is 12.3. The molecule has 0 fully saturated rings. The third-order valence-electron chi connectivity index (χ3n) is 3.19. The Bertz CT molecular complexity index is 906. The average molecular weight is 345 g/mol. The average Bonchev–Trinajstić information content (AvgIpc) is 3.03. The van der Waals surface area contributed by atoms with Gasteiger partial charge >= 0.3 is 0 Å². The number of hydrogen-bond donors (Lipinski definition) is 1. The molecule has 0 saturated carbocycles. The lowest BCUT2D eigenvalue weighted by atomic mass is 10.2. The van der Waals surface area contributed by atoms with Gasteiger partial charge in [-0.3, -0.25) is 4.98 Å². The van der Waals surface area contributed by atoms with Crippen molar-refractivity contribution in [2.75, 3.05) is 0 Å². The maximum Gasteiger partial charge on any atom is 0.240 e. The molecule has 0 aliphatic carbocycles. The molecule has 7 heteroatoms. The third-order valence-corrected chi connectivity index (χ3v) is 5.44. The Balaban J connectivity index is 1.73. The standard InChI is InChI=1S/C16H15N3O2S2/c1-12-5-4-6-13(9-12)23(20,21)18-10-16-19-15(11-22-16)14-7-2-3-8-17-14/h2-9,11,18H,10H2,1H3. The topological polar surface area (TPSA) is 72.0 Å². The highest BCUT2D eigenvalue weighted by Crippen LogP contribution is 2.20. The second kappa shape index (κ2) is 6.57. The minimum atomic E-state index is -3.54. The van der Waals surface area contributed by atoms with Gasteiger partial charge in [-0.1, -0.05) is 18.2 Å². The molecule has 0 atom stereocenters. The molecule has 0 unspecified atom stereocenters. The predicted molar refractivity (Wildman–Crippen MR) is 90.5 cm³/mol. The number of aromatic nitrogens is 2. The van der Waals surface area contributed by atoms with Crippen LogP contribution in [0.3, 0.4) is 0 Å². The first kappa shape index (κ1) is 15.8. The fourth-order valence-electron chi connectivity index (χ4n) is 2.05. The Labute approximate surface area is 139 Å². The fraction of sp³-hybridized carbons (Fsp3) is 0.125. The summed E-state index contributed by atoms with van der Waals surface area (Å²) in [4.78, 5) is 8.92. The van der Waals surface area contributed by atoms with Gasteiger partial charge in [-0.15, -0.1) is 11.3 Å². The van der Waals surface area contributed by atoms with E-state index < -0.39 is 10.0 Å². The largest absolute Gasteiger partial charge is 0.255 e. The molecule has 0 aliphatic rings. The molecule has 0 saturated heterocycles. The lowest BCUT2D eigenvalue weighted by molar-refractivity contribution is 0.581.